The summed E-state index contributed by atoms with van der Waals surface area (Å²) in [4.78, 5) is 0. The highest BCUT2D eigenvalue weighted by Gasteiger charge is 2.38. The monoisotopic (exact) mass is 198 g/mol. The minimum absolute atomic E-state index is 0.852. The summed E-state index contributed by atoms with van der Waals surface area (Å²) in [5, 5.41) is 0. The summed E-state index contributed by atoms with van der Waals surface area (Å²) in [7, 11) is 7.08. The van der Waals surface area contributed by atoms with Gasteiger partial charge in [-0.2, -0.15) is 0 Å². The molecule has 1 fully saturated rings. The highest BCUT2D eigenvalue weighted by atomic mass is 15.3. The molecule has 0 saturated heterocycles. The van der Waals surface area contributed by atoms with Gasteiger partial charge in [-0.05, 0) is 24.7 Å². The van der Waals surface area contributed by atoms with Gasteiger partial charge in [-0.1, -0.05) is 20.8 Å². The molecule has 0 amide bonds. The zero-order valence-corrected chi connectivity index (χ0v) is 10.9. The van der Waals surface area contributed by atoms with E-state index in [1.807, 2.05) is 0 Å². The maximum absolute atomic E-state index is 2.42. The first kappa shape index (κ1) is 12.0. The highest BCUT2D eigenvalue weighted by Crippen LogP contribution is 2.37. The van der Waals surface area contributed by atoms with Gasteiger partial charge in [-0.3, -0.25) is 0 Å². The Hall–Kier alpha value is -0.0400. The van der Waals surface area contributed by atoms with Crippen molar-refractivity contribution >= 4 is 0 Å². The predicted octanol–water partition coefficient (Wildman–Crippen LogP) is 3.15. The third-order valence-corrected chi connectivity index (χ3v) is 3.98. The fraction of sp³-hybridized carbons (Fsp3) is 1.00. The van der Waals surface area contributed by atoms with Crippen molar-refractivity contribution in [2.24, 2.45) is 17.8 Å². The van der Waals surface area contributed by atoms with Gasteiger partial charge in [0.25, 0.3) is 0 Å². The SMILES string of the molecule is CC(C)[C@@H]1CC[C@@H](C)C[C@H]1[N+](C)(C)C. The Balaban J connectivity index is 2.74. The van der Waals surface area contributed by atoms with Crippen LogP contribution < -0.4 is 0 Å². The highest BCUT2D eigenvalue weighted by molar-refractivity contribution is 4.81. The number of hydrogen-bond acceptors (Lipinski definition) is 0. The standard InChI is InChI=1S/C13H28N/c1-10(2)12-8-7-11(3)9-13(12)14(4,5)6/h10-13H,7-9H2,1-6H3/q+1/t11-,12+,13-/m1/s1. The molecule has 0 aromatic heterocycles. The van der Waals surface area contributed by atoms with Crippen molar-refractivity contribution in [2.45, 2.75) is 46.1 Å². The third kappa shape index (κ3) is 2.73. The largest absolute Gasteiger partial charge is 0.328 e. The predicted molar refractivity (Wildman–Crippen MR) is 63.2 cm³/mol. The molecule has 0 aromatic rings. The van der Waals surface area contributed by atoms with E-state index in [0.717, 1.165) is 28.3 Å². The molecule has 0 unspecified atom stereocenters. The van der Waals surface area contributed by atoms with Crippen LogP contribution >= 0.6 is 0 Å². The van der Waals surface area contributed by atoms with Crippen molar-refractivity contribution in [3.05, 3.63) is 0 Å². The zero-order valence-electron chi connectivity index (χ0n) is 10.9. The fourth-order valence-electron chi connectivity index (χ4n) is 3.04. The van der Waals surface area contributed by atoms with Crippen LogP contribution in [0.2, 0.25) is 0 Å². The normalized spacial score (nSPS) is 34.9. The Morgan fingerprint density at radius 1 is 1.07 bits per heavy atom. The molecule has 0 heterocycles. The van der Waals surface area contributed by atoms with E-state index in [-0.39, 0.29) is 0 Å². The summed E-state index contributed by atoms with van der Waals surface area (Å²) in [6, 6.07) is 0.874. The molecule has 0 N–H and O–H groups in total. The summed E-state index contributed by atoms with van der Waals surface area (Å²) < 4.78 is 1.15. The molecule has 0 spiro atoms. The van der Waals surface area contributed by atoms with Crippen LogP contribution in [0.5, 0.6) is 0 Å². The van der Waals surface area contributed by atoms with Gasteiger partial charge in [-0.15, -0.1) is 0 Å². The molecule has 0 aliphatic heterocycles. The number of hydrogen-bond donors (Lipinski definition) is 0. The molecular weight excluding hydrogens is 170 g/mol. The van der Waals surface area contributed by atoms with Crippen LogP contribution in [0.15, 0.2) is 0 Å². The van der Waals surface area contributed by atoms with Crippen LogP contribution in [0.1, 0.15) is 40.0 Å². The lowest BCUT2D eigenvalue weighted by atomic mass is 9.73. The fourth-order valence-corrected chi connectivity index (χ4v) is 3.04. The lowest BCUT2D eigenvalue weighted by molar-refractivity contribution is -0.902. The Kier molecular flexibility index (Phi) is 3.63. The molecule has 0 radical (unpaired) electrons. The molecule has 1 rings (SSSR count). The van der Waals surface area contributed by atoms with Gasteiger partial charge in [0.1, 0.15) is 0 Å². The topological polar surface area (TPSA) is 0 Å². The summed E-state index contributed by atoms with van der Waals surface area (Å²) in [6.07, 6.45) is 4.31. The van der Waals surface area contributed by atoms with Gasteiger partial charge >= 0.3 is 0 Å². The van der Waals surface area contributed by atoms with Gasteiger partial charge < -0.3 is 4.48 Å². The molecule has 0 bridgehead atoms. The Bertz CT molecular complexity index is 178. The van der Waals surface area contributed by atoms with E-state index in [9.17, 15) is 0 Å². The average Bonchev–Trinajstić information content (AvgIpc) is 2.01. The first-order valence-electron chi connectivity index (χ1n) is 6.13. The quantitative estimate of drug-likeness (QED) is 0.598. The molecule has 0 aromatic carbocycles. The zero-order chi connectivity index (χ0) is 10.9. The Labute approximate surface area is 90.1 Å². The second kappa shape index (κ2) is 4.22. The van der Waals surface area contributed by atoms with E-state index in [0.29, 0.717) is 0 Å². The maximum Gasteiger partial charge on any atom is 0.0917 e. The van der Waals surface area contributed by atoms with E-state index in [4.69, 9.17) is 0 Å². The molecule has 84 valence electrons. The van der Waals surface area contributed by atoms with Crippen molar-refractivity contribution in [2.75, 3.05) is 21.1 Å². The van der Waals surface area contributed by atoms with Crippen molar-refractivity contribution in [1.29, 1.82) is 0 Å². The van der Waals surface area contributed by atoms with Gasteiger partial charge in [-0.25, -0.2) is 0 Å². The molecule has 1 heteroatoms. The van der Waals surface area contributed by atoms with Crippen LogP contribution in [0.3, 0.4) is 0 Å². The lowest BCUT2D eigenvalue weighted by Crippen LogP contribution is -2.52. The Morgan fingerprint density at radius 3 is 2.07 bits per heavy atom. The number of quaternary nitrogens is 1. The van der Waals surface area contributed by atoms with Crippen LogP contribution in [0.4, 0.5) is 0 Å². The van der Waals surface area contributed by atoms with Crippen LogP contribution in [0, 0.1) is 17.8 Å². The smallest absolute Gasteiger partial charge is 0.0917 e. The molecule has 14 heavy (non-hydrogen) atoms. The van der Waals surface area contributed by atoms with Crippen LogP contribution in [-0.2, 0) is 0 Å². The van der Waals surface area contributed by atoms with Gasteiger partial charge in [0.15, 0.2) is 0 Å². The maximum atomic E-state index is 2.42. The number of nitrogens with zero attached hydrogens (tertiary/aromatic N) is 1. The van der Waals surface area contributed by atoms with E-state index >= 15 is 0 Å². The van der Waals surface area contributed by atoms with Crippen molar-refractivity contribution in [3.63, 3.8) is 0 Å². The van der Waals surface area contributed by atoms with E-state index < -0.39 is 0 Å². The molecule has 1 aliphatic carbocycles. The third-order valence-electron chi connectivity index (χ3n) is 3.98. The van der Waals surface area contributed by atoms with Gasteiger partial charge in [0, 0.05) is 12.3 Å². The Morgan fingerprint density at radius 2 is 1.64 bits per heavy atom. The summed E-state index contributed by atoms with van der Waals surface area (Å²) >= 11 is 0. The molecule has 1 aliphatic rings. The number of rotatable bonds is 2. The van der Waals surface area contributed by atoms with E-state index in [1.54, 1.807) is 0 Å². The molecular formula is C13H28N+. The van der Waals surface area contributed by atoms with Crippen molar-refractivity contribution < 1.29 is 4.48 Å². The van der Waals surface area contributed by atoms with Crippen molar-refractivity contribution in [3.8, 4) is 0 Å². The van der Waals surface area contributed by atoms with Crippen LogP contribution in [-0.4, -0.2) is 31.7 Å². The summed E-state index contributed by atoms with van der Waals surface area (Å²) in [6.45, 7) is 7.20. The minimum atomic E-state index is 0.852. The average molecular weight is 198 g/mol. The minimum Gasteiger partial charge on any atom is -0.328 e. The molecule has 3 atom stereocenters. The first-order chi connectivity index (χ1) is 6.32. The summed E-state index contributed by atoms with van der Waals surface area (Å²) in [5.41, 5.74) is 0. The molecule has 1 nitrogen and oxygen atoms in total. The van der Waals surface area contributed by atoms with Gasteiger partial charge in [0.2, 0.25) is 0 Å². The van der Waals surface area contributed by atoms with E-state index in [1.165, 1.54) is 19.3 Å². The second-order valence-corrected chi connectivity index (χ2v) is 6.51. The molecule has 1 saturated carbocycles. The van der Waals surface area contributed by atoms with Crippen LogP contribution in [0.25, 0.3) is 0 Å². The lowest BCUT2D eigenvalue weighted by Gasteiger charge is -2.45. The summed E-state index contributed by atoms with van der Waals surface area (Å²) in [5.74, 6) is 2.73. The second-order valence-electron chi connectivity index (χ2n) is 6.51. The first-order valence-corrected chi connectivity index (χ1v) is 6.13. The van der Waals surface area contributed by atoms with E-state index in [2.05, 4.69) is 41.9 Å². The van der Waals surface area contributed by atoms with Crippen molar-refractivity contribution in [1.82, 2.24) is 0 Å². The van der Waals surface area contributed by atoms with Gasteiger partial charge in [0.05, 0.1) is 27.2 Å².